The minimum atomic E-state index is 0.0437. The Balaban J connectivity index is 1.80. The Labute approximate surface area is 146 Å². The molecule has 3 nitrogen and oxygen atoms in total. The summed E-state index contributed by atoms with van der Waals surface area (Å²) in [5.74, 6) is 0.0437. The monoisotopic (exact) mass is 348 g/mol. The third-order valence-corrected chi connectivity index (χ3v) is 4.76. The zero-order valence-corrected chi connectivity index (χ0v) is 14.1. The van der Waals surface area contributed by atoms with Gasteiger partial charge in [-0.15, -0.1) is 0 Å². The van der Waals surface area contributed by atoms with Crippen LogP contribution in [0.4, 0.5) is 0 Å². The van der Waals surface area contributed by atoms with Crippen molar-refractivity contribution < 1.29 is 4.79 Å². The molecule has 0 unspecified atom stereocenters. The highest BCUT2D eigenvalue weighted by Gasteiger charge is 2.33. The second-order valence-electron chi connectivity index (χ2n) is 5.81. The number of carbonyl (C=O) groups excluding carboxylic acids is 1. The second-order valence-corrected chi connectivity index (χ2v) is 6.63. The minimum Gasteiger partial charge on any atom is -0.331 e. The maximum absolute atomic E-state index is 12.8. The summed E-state index contributed by atoms with van der Waals surface area (Å²) in [6, 6.07) is 13.3. The molecular formula is C18H18Cl2N2O. The van der Waals surface area contributed by atoms with Crippen LogP contribution in [-0.2, 0) is 13.1 Å². The van der Waals surface area contributed by atoms with E-state index in [0.717, 1.165) is 24.0 Å². The lowest BCUT2D eigenvalue weighted by Crippen LogP contribution is -2.32. The van der Waals surface area contributed by atoms with E-state index in [1.54, 1.807) is 6.07 Å². The molecular weight excluding hydrogens is 331 g/mol. The Morgan fingerprint density at radius 1 is 1.04 bits per heavy atom. The molecule has 0 bridgehead atoms. The van der Waals surface area contributed by atoms with Crippen molar-refractivity contribution in [1.29, 1.82) is 0 Å². The summed E-state index contributed by atoms with van der Waals surface area (Å²) in [5, 5.41) is 1.04. The van der Waals surface area contributed by atoms with Gasteiger partial charge in [0.05, 0.1) is 10.0 Å². The van der Waals surface area contributed by atoms with Gasteiger partial charge in [0.25, 0.3) is 5.91 Å². The normalized spacial score (nSPS) is 13.9. The fraction of sp³-hybridized carbons (Fsp3) is 0.278. The molecule has 2 aromatic carbocycles. The van der Waals surface area contributed by atoms with Gasteiger partial charge in [0.15, 0.2) is 0 Å². The zero-order chi connectivity index (χ0) is 16.4. The molecule has 1 aliphatic rings. The lowest BCUT2D eigenvalue weighted by atomic mass is 10.1. The van der Waals surface area contributed by atoms with Crippen LogP contribution < -0.4 is 5.73 Å². The van der Waals surface area contributed by atoms with Gasteiger partial charge in [-0.1, -0.05) is 41.4 Å². The van der Waals surface area contributed by atoms with Gasteiger partial charge in [0.2, 0.25) is 0 Å². The first-order chi connectivity index (χ1) is 11.1. The molecule has 1 amide bonds. The van der Waals surface area contributed by atoms with Crippen LogP contribution in [0.5, 0.6) is 0 Å². The summed E-state index contributed by atoms with van der Waals surface area (Å²) < 4.78 is 0. The zero-order valence-electron chi connectivity index (χ0n) is 12.6. The molecule has 3 rings (SSSR count). The standard InChI is InChI=1S/C18H18Cl2N2O/c19-16-8-3-13(9-17(16)20)11-22(15-6-7-15)18(23)14-4-1-12(10-21)2-5-14/h1-5,8-9,15H,6-7,10-11,21H2. The summed E-state index contributed by atoms with van der Waals surface area (Å²) in [6.07, 6.45) is 2.10. The Morgan fingerprint density at radius 3 is 2.26 bits per heavy atom. The summed E-state index contributed by atoms with van der Waals surface area (Å²) in [7, 11) is 0. The first-order valence-corrected chi connectivity index (χ1v) is 8.38. The van der Waals surface area contributed by atoms with Crippen LogP contribution in [0.2, 0.25) is 10.0 Å². The summed E-state index contributed by atoms with van der Waals surface area (Å²) in [5.41, 5.74) is 8.30. The lowest BCUT2D eigenvalue weighted by Gasteiger charge is -2.23. The summed E-state index contributed by atoms with van der Waals surface area (Å²) in [4.78, 5) is 14.7. The van der Waals surface area contributed by atoms with Crippen molar-refractivity contribution in [2.24, 2.45) is 5.73 Å². The maximum Gasteiger partial charge on any atom is 0.254 e. The molecule has 1 saturated carbocycles. The van der Waals surface area contributed by atoms with Crippen molar-refractivity contribution in [2.45, 2.75) is 32.0 Å². The number of nitrogens with two attached hydrogens (primary N) is 1. The molecule has 1 fully saturated rings. The van der Waals surface area contributed by atoms with E-state index >= 15 is 0 Å². The molecule has 2 aromatic rings. The van der Waals surface area contributed by atoms with Gasteiger partial charge in [-0.2, -0.15) is 0 Å². The van der Waals surface area contributed by atoms with Crippen molar-refractivity contribution in [2.75, 3.05) is 0 Å². The van der Waals surface area contributed by atoms with E-state index in [-0.39, 0.29) is 5.91 Å². The van der Waals surface area contributed by atoms with Crippen molar-refractivity contribution in [3.05, 3.63) is 69.2 Å². The molecule has 0 aliphatic heterocycles. The van der Waals surface area contributed by atoms with Crippen molar-refractivity contribution in [1.82, 2.24) is 4.90 Å². The van der Waals surface area contributed by atoms with Crippen molar-refractivity contribution >= 4 is 29.1 Å². The van der Waals surface area contributed by atoms with E-state index in [0.29, 0.717) is 34.7 Å². The van der Waals surface area contributed by atoms with E-state index in [2.05, 4.69) is 0 Å². The van der Waals surface area contributed by atoms with E-state index in [4.69, 9.17) is 28.9 Å². The molecule has 0 radical (unpaired) electrons. The molecule has 120 valence electrons. The van der Waals surface area contributed by atoms with Gasteiger partial charge in [0.1, 0.15) is 0 Å². The molecule has 0 atom stereocenters. The van der Waals surface area contributed by atoms with Gasteiger partial charge in [-0.3, -0.25) is 4.79 Å². The highest BCUT2D eigenvalue weighted by Crippen LogP contribution is 2.31. The molecule has 0 spiro atoms. The van der Waals surface area contributed by atoms with Crippen molar-refractivity contribution in [3.8, 4) is 0 Å². The Hall–Kier alpha value is -1.55. The largest absolute Gasteiger partial charge is 0.331 e. The summed E-state index contributed by atoms with van der Waals surface area (Å²) >= 11 is 12.0. The highest BCUT2D eigenvalue weighted by atomic mass is 35.5. The average molecular weight is 349 g/mol. The second kappa shape index (κ2) is 6.91. The van der Waals surface area contributed by atoms with Crippen LogP contribution in [0.3, 0.4) is 0 Å². The molecule has 0 aromatic heterocycles. The predicted molar refractivity (Wildman–Crippen MR) is 93.7 cm³/mol. The Morgan fingerprint density at radius 2 is 1.70 bits per heavy atom. The molecule has 0 saturated heterocycles. The van der Waals surface area contributed by atoms with E-state index in [1.165, 1.54) is 0 Å². The first kappa shape index (κ1) is 16.3. The van der Waals surface area contributed by atoms with Gasteiger partial charge >= 0.3 is 0 Å². The predicted octanol–water partition coefficient (Wildman–Crippen LogP) is 4.26. The number of benzene rings is 2. The van der Waals surface area contributed by atoms with Crippen LogP contribution in [0, 0.1) is 0 Å². The highest BCUT2D eigenvalue weighted by molar-refractivity contribution is 6.42. The van der Waals surface area contributed by atoms with Gasteiger partial charge < -0.3 is 10.6 Å². The van der Waals surface area contributed by atoms with E-state index in [9.17, 15) is 4.79 Å². The van der Waals surface area contributed by atoms with Crippen LogP contribution >= 0.6 is 23.2 Å². The third-order valence-electron chi connectivity index (χ3n) is 4.02. The van der Waals surface area contributed by atoms with Crippen LogP contribution in [0.15, 0.2) is 42.5 Å². The van der Waals surface area contributed by atoms with Crippen LogP contribution in [0.25, 0.3) is 0 Å². The van der Waals surface area contributed by atoms with Gasteiger partial charge in [-0.25, -0.2) is 0 Å². The quantitative estimate of drug-likeness (QED) is 0.877. The van der Waals surface area contributed by atoms with Gasteiger partial charge in [0, 0.05) is 24.7 Å². The first-order valence-electron chi connectivity index (χ1n) is 7.62. The topological polar surface area (TPSA) is 46.3 Å². The Bertz CT molecular complexity index is 711. The van der Waals surface area contributed by atoms with Crippen LogP contribution in [0.1, 0.15) is 34.3 Å². The molecule has 2 N–H and O–H groups in total. The number of carbonyl (C=O) groups is 1. The number of amides is 1. The molecule has 1 aliphatic carbocycles. The van der Waals surface area contributed by atoms with Gasteiger partial charge in [-0.05, 0) is 48.2 Å². The smallest absolute Gasteiger partial charge is 0.254 e. The molecule has 5 heteroatoms. The van der Waals surface area contributed by atoms with Crippen LogP contribution in [-0.4, -0.2) is 16.8 Å². The molecule has 23 heavy (non-hydrogen) atoms. The fourth-order valence-electron chi connectivity index (χ4n) is 2.54. The number of nitrogens with zero attached hydrogens (tertiary/aromatic N) is 1. The SMILES string of the molecule is NCc1ccc(C(=O)N(Cc2ccc(Cl)c(Cl)c2)C2CC2)cc1. The van der Waals surface area contributed by atoms with E-state index < -0.39 is 0 Å². The fourth-order valence-corrected chi connectivity index (χ4v) is 2.86. The van der Waals surface area contributed by atoms with Crippen molar-refractivity contribution in [3.63, 3.8) is 0 Å². The number of hydrogen-bond donors (Lipinski definition) is 1. The van der Waals surface area contributed by atoms with E-state index in [1.807, 2.05) is 41.3 Å². The minimum absolute atomic E-state index is 0.0437. The third kappa shape index (κ3) is 3.86. The Kier molecular flexibility index (Phi) is 4.90. The average Bonchev–Trinajstić information content (AvgIpc) is 3.40. The number of halogens is 2. The maximum atomic E-state index is 12.8. The summed E-state index contributed by atoms with van der Waals surface area (Å²) in [6.45, 7) is 1.02. The number of rotatable bonds is 5. The number of hydrogen-bond acceptors (Lipinski definition) is 2. The lowest BCUT2D eigenvalue weighted by molar-refractivity contribution is 0.0730. The molecule has 0 heterocycles.